The lowest BCUT2D eigenvalue weighted by Crippen LogP contribution is -2.16. The predicted molar refractivity (Wildman–Crippen MR) is 75.3 cm³/mol. The summed E-state index contributed by atoms with van der Waals surface area (Å²) in [6.45, 7) is 1.61. The number of carbonyl (C=O) groups is 1. The van der Waals surface area contributed by atoms with Crippen LogP contribution < -0.4 is 4.72 Å². The Hall–Kier alpha value is -2.41. The molecule has 0 bridgehead atoms. The Labute approximate surface area is 121 Å². The summed E-state index contributed by atoms with van der Waals surface area (Å²) in [6.07, 6.45) is 0. The zero-order chi connectivity index (χ0) is 15.6. The molecular formula is C14H12FNO4S. The molecule has 0 aliphatic carbocycles. The molecule has 7 heteroatoms. The zero-order valence-corrected chi connectivity index (χ0v) is 11.8. The van der Waals surface area contributed by atoms with E-state index < -0.39 is 21.8 Å². The number of carboxylic acids is 1. The van der Waals surface area contributed by atoms with Gasteiger partial charge in [-0.2, -0.15) is 0 Å². The molecule has 0 saturated carbocycles. The molecule has 0 heterocycles. The Morgan fingerprint density at radius 1 is 1.19 bits per heavy atom. The minimum Gasteiger partial charge on any atom is -0.478 e. The van der Waals surface area contributed by atoms with Crippen LogP contribution in [-0.4, -0.2) is 19.5 Å². The van der Waals surface area contributed by atoms with Crippen molar-refractivity contribution in [3.63, 3.8) is 0 Å². The molecule has 2 N–H and O–H groups in total. The first-order valence-electron chi connectivity index (χ1n) is 5.92. The predicted octanol–water partition coefficient (Wildman–Crippen LogP) is 2.63. The van der Waals surface area contributed by atoms with E-state index in [9.17, 15) is 17.6 Å². The van der Waals surface area contributed by atoms with E-state index in [1.165, 1.54) is 6.07 Å². The van der Waals surface area contributed by atoms with E-state index >= 15 is 0 Å². The van der Waals surface area contributed by atoms with Crippen molar-refractivity contribution in [2.45, 2.75) is 11.8 Å². The van der Waals surface area contributed by atoms with Crippen LogP contribution in [0.4, 0.5) is 10.1 Å². The van der Waals surface area contributed by atoms with Crippen LogP contribution in [0.25, 0.3) is 0 Å². The number of nitrogens with one attached hydrogen (secondary N) is 1. The summed E-state index contributed by atoms with van der Waals surface area (Å²) in [5, 5.41) is 9.02. The van der Waals surface area contributed by atoms with E-state index in [4.69, 9.17) is 5.11 Å². The molecule has 0 aliphatic rings. The molecule has 110 valence electrons. The van der Waals surface area contributed by atoms with E-state index in [1.807, 2.05) is 0 Å². The number of hydrogen-bond donors (Lipinski definition) is 2. The first kappa shape index (κ1) is 15.0. The maximum absolute atomic E-state index is 13.2. The lowest BCUT2D eigenvalue weighted by atomic mass is 10.2. The molecule has 21 heavy (non-hydrogen) atoms. The van der Waals surface area contributed by atoms with E-state index in [-0.39, 0.29) is 16.1 Å². The van der Waals surface area contributed by atoms with Gasteiger partial charge in [0.2, 0.25) is 0 Å². The van der Waals surface area contributed by atoms with Crippen LogP contribution in [0.5, 0.6) is 0 Å². The van der Waals surface area contributed by atoms with Gasteiger partial charge < -0.3 is 5.11 Å². The van der Waals surface area contributed by atoms with Crippen LogP contribution in [0.3, 0.4) is 0 Å². The third-order valence-electron chi connectivity index (χ3n) is 2.84. The summed E-state index contributed by atoms with van der Waals surface area (Å²) in [5.41, 5.74) is -0.141. The van der Waals surface area contributed by atoms with Crippen molar-refractivity contribution in [3.8, 4) is 0 Å². The maximum atomic E-state index is 13.2. The molecule has 0 saturated heterocycles. The van der Waals surface area contributed by atoms with Gasteiger partial charge in [-0.3, -0.25) is 4.72 Å². The quantitative estimate of drug-likeness (QED) is 0.909. The highest BCUT2D eigenvalue weighted by Crippen LogP contribution is 2.23. The molecule has 5 nitrogen and oxygen atoms in total. The van der Waals surface area contributed by atoms with Gasteiger partial charge >= 0.3 is 5.97 Å². The van der Waals surface area contributed by atoms with Gasteiger partial charge in [0.05, 0.1) is 16.1 Å². The second-order valence-corrected chi connectivity index (χ2v) is 6.02. The summed E-state index contributed by atoms with van der Waals surface area (Å²) in [5.74, 6) is -2.08. The average Bonchev–Trinajstić information content (AvgIpc) is 2.38. The molecule has 0 amide bonds. The molecule has 0 radical (unpaired) electrons. The van der Waals surface area contributed by atoms with Crippen LogP contribution in [0.15, 0.2) is 47.4 Å². The highest BCUT2D eigenvalue weighted by molar-refractivity contribution is 7.92. The van der Waals surface area contributed by atoms with E-state index in [1.54, 1.807) is 25.1 Å². The minimum atomic E-state index is -4.00. The third-order valence-corrected chi connectivity index (χ3v) is 4.37. The number of anilines is 1. The number of hydrogen-bond acceptors (Lipinski definition) is 3. The fourth-order valence-corrected chi connectivity index (χ4v) is 3.16. The normalized spacial score (nSPS) is 11.1. The Balaban J connectivity index is 2.49. The Kier molecular flexibility index (Phi) is 3.95. The van der Waals surface area contributed by atoms with Crippen LogP contribution in [0.2, 0.25) is 0 Å². The van der Waals surface area contributed by atoms with Crippen LogP contribution >= 0.6 is 0 Å². The van der Waals surface area contributed by atoms with Gasteiger partial charge in [-0.15, -0.1) is 0 Å². The first-order chi connectivity index (χ1) is 9.81. The molecule has 0 aromatic heterocycles. The number of halogens is 1. The molecular weight excluding hydrogens is 297 g/mol. The molecule has 0 unspecified atom stereocenters. The van der Waals surface area contributed by atoms with Crippen molar-refractivity contribution >= 4 is 21.7 Å². The van der Waals surface area contributed by atoms with Crippen molar-refractivity contribution in [1.82, 2.24) is 0 Å². The summed E-state index contributed by atoms with van der Waals surface area (Å²) >= 11 is 0. The molecule has 0 fully saturated rings. The number of benzene rings is 2. The first-order valence-corrected chi connectivity index (χ1v) is 7.41. The fourth-order valence-electron chi connectivity index (χ4n) is 1.85. The SMILES string of the molecule is Cc1ccccc1S(=O)(=O)Nc1cc(F)ccc1C(=O)O. The van der Waals surface area contributed by atoms with Gasteiger partial charge in [-0.25, -0.2) is 17.6 Å². The van der Waals surface area contributed by atoms with Crippen molar-refractivity contribution in [1.29, 1.82) is 0 Å². The Morgan fingerprint density at radius 3 is 2.48 bits per heavy atom. The van der Waals surface area contributed by atoms with E-state index in [0.717, 1.165) is 18.2 Å². The Morgan fingerprint density at radius 2 is 1.86 bits per heavy atom. The fraction of sp³-hybridized carbons (Fsp3) is 0.0714. The summed E-state index contributed by atoms with van der Waals surface area (Å²) < 4.78 is 39.9. The van der Waals surface area contributed by atoms with Crippen molar-refractivity contribution in [3.05, 3.63) is 59.4 Å². The van der Waals surface area contributed by atoms with Crippen molar-refractivity contribution in [2.24, 2.45) is 0 Å². The highest BCUT2D eigenvalue weighted by Gasteiger charge is 2.20. The van der Waals surface area contributed by atoms with Gasteiger partial charge in [-0.05, 0) is 36.8 Å². The van der Waals surface area contributed by atoms with Crippen molar-refractivity contribution in [2.75, 3.05) is 4.72 Å². The maximum Gasteiger partial charge on any atom is 0.337 e. The second-order valence-electron chi connectivity index (χ2n) is 4.37. The van der Waals surface area contributed by atoms with Gasteiger partial charge in [0.15, 0.2) is 0 Å². The molecule has 2 aromatic carbocycles. The summed E-state index contributed by atoms with van der Waals surface area (Å²) in [6, 6.07) is 9.02. The smallest absolute Gasteiger partial charge is 0.337 e. The number of aromatic carboxylic acids is 1. The van der Waals surface area contributed by atoms with Gasteiger partial charge in [0.25, 0.3) is 10.0 Å². The zero-order valence-electron chi connectivity index (χ0n) is 11.0. The highest BCUT2D eigenvalue weighted by atomic mass is 32.2. The lowest BCUT2D eigenvalue weighted by molar-refractivity contribution is 0.0698. The molecule has 2 aromatic rings. The Bertz CT molecular complexity index is 802. The van der Waals surface area contributed by atoms with Gasteiger partial charge in [0.1, 0.15) is 5.82 Å². The third kappa shape index (κ3) is 3.19. The molecule has 0 spiro atoms. The standard InChI is InChI=1S/C14H12FNO4S/c1-9-4-2-3-5-13(9)21(19,20)16-12-8-10(15)6-7-11(12)14(17)18/h2-8,16H,1H3,(H,17,18). The average molecular weight is 309 g/mol. The summed E-state index contributed by atoms with van der Waals surface area (Å²) in [7, 11) is -4.00. The molecule has 2 rings (SSSR count). The molecule has 0 aliphatic heterocycles. The monoisotopic (exact) mass is 309 g/mol. The van der Waals surface area contributed by atoms with E-state index in [2.05, 4.69) is 4.72 Å². The molecule has 0 atom stereocenters. The van der Waals surface area contributed by atoms with Crippen LogP contribution in [0.1, 0.15) is 15.9 Å². The number of carboxylic acid groups (broad SMARTS) is 1. The van der Waals surface area contributed by atoms with Gasteiger partial charge in [0, 0.05) is 0 Å². The van der Waals surface area contributed by atoms with E-state index in [0.29, 0.717) is 5.56 Å². The van der Waals surface area contributed by atoms with Crippen LogP contribution in [-0.2, 0) is 10.0 Å². The number of rotatable bonds is 4. The second kappa shape index (κ2) is 5.53. The van der Waals surface area contributed by atoms with Gasteiger partial charge in [-0.1, -0.05) is 18.2 Å². The largest absolute Gasteiger partial charge is 0.478 e. The number of sulfonamides is 1. The minimum absolute atomic E-state index is 0.00519. The number of aryl methyl sites for hydroxylation is 1. The van der Waals surface area contributed by atoms with Crippen LogP contribution in [0, 0.1) is 12.7 Å². The summed E-state index contributed by atoms with van der Waals surface area (Å²) in [4.78, 5) is 11.1. The topological polar surface area (TPSA) is 83.5 Å². The van der Waals surface area contributed by atoms with Crippen molar-refractivity contribution < 1.29 is 22.7 Å². The lowest BCUT2D eigenvalue weighted by Gasteiger charge is -2.12.